The van der Waals surface area contributed by atoms with Crippen molar-refractivity contribution in [1.29, 1.82) is 0 Å². The minimum Gasteiger partial charge on any atom is -0.484 e. The third kappa shape index (κ3) is 5.76. The molecule has 0 saturated carbocycles. The van der Waals surface area contributed by atoms with Gasteiger partial charge in [-0.2, -0.15) is 0 Å². The van der Waals surface area contributed by atoms with E-state index in [9.17, 15) is 9.59 Å². The van der Waals surface area contributed by atoms with Gasteiger partial charge in [0.15, 0.2) is 6.61 Å². The number of amides is 3. The molecule has 1 aromatic carbocycles. The van der Waals surface area contributed by atoms with Crippen molar-refractivity contribution in [3.63, 3.8) is 0 Å². The number of ether oxygens (including phenoxy) is 1. The van der Waals surface area contributed by atoms with Gasteiger partial charge in [0.05, 0.1) is 0 Å². The van der Waals surface area contributed by atoms with Crippen LogP contribution in [-0.4, -0.2) is 49.1 Å². The Morgan fingerprint density at radius 3 is 2.50 bits per heavy atom. The highest BCUT2D eigenvalue weighted by atomic mass is 16.5. The molecule has 0 atom stereocenters. The van der Waals surface area contributed by atoms with E-state index in [-0.39, 0.29) is 24.6 Å². The van der Waals surface area contributed by atoms with Crippen LogP contribution >= 0.6 is 0 Å². The van der Waals surface area contributed by atoms with E-state index in [0.29, 0.717) is 25.4 Å². The van der Waals surface area contributed by atoms with Crippen LogP contribution in [0.1, 0.15) is 31.7 Å². The Labute approximate surface area is 143 Å². The molecule has 1 saturated heterocycles. The lowest BCUT2D eigenvalue weighted by molar-refractivity contribution is -0.124. The number of hydrogen-bond donors (Lipinski definition) is 2. The van der Waals surface area contributed by atoms with Gasteiger partial charge in [-0.25, -0.2) is 4.79 Å². The average molecular weight is 333 g/mol. The van der Waals surface area contributed by atoms with E-state index in [1.54, 1.807) is 4.90 Å². The number of hydrogen-bond acceptors (Lipinski definition) is 3. The smallest absolute Gasteiger partial charge is 0.317 e. The minimum absolute atomic E-state index is 0.00988. The van der Waals surface area contributed by atoms with Crippen LogP contribution in [-0.2, 0) is 4.79 Å². The van der Waals surface area contributed by atoms with E-state index in [1.807, 2.05) is 38.1 Å². The number of urea groups is 1. The number of benzene rings is 1. The monoisotopic (exact) mass is 333 g/mol. The standard InChI is InChI=1S/C18H27N3O3/c1-3-10-19-18(23)21-11-8-15(9-12-21)20-17(22)13-24-16-6-4-14(2)5-7-16/h4-7,15H,3,8-13H2,1-2H3,(H,19,23)(H,20,22). The maximum atomic E-state index is 12.0. The van der Waals surface area contributed by atoms with Crippen molar-refractivity contribution < 1.29 is 14.3 Å². The first-order valence-electron chi connectivity index (χ1n) is 8.60. The molecule has 1 heterocycles. The predicted octanol–water partition coefficient (Wildman–Crippen LogP) is 2.07. The second-order valence-corrected chi connectivity index (χ2v) is 6.16. The van der Waals surface area contributed by atoms with Crippen molar-refractivity contribution in [2.75, 3.05) is 26.2 Å². The summed E-state index contributed by atoms with van der Waals surface area (Å²) in [5, 5.41) is 5.86. The van der Waals surface area contributed by atoms with E-state index in [2.05, 4.69) is 10.6 Å². The fourth-order valence-corrected chi connectivity index (χ4v) is 2.62. The Morgan fingerprint density at radius 2 is 1.88 bits per heavy atom. The molecule has 0 radical (unpaired) electrons. The number of likely N-dealkylation sites (tertiary alicyclic amines) is 1. The molecule has 1 fully saturated rings. The molecular formula is C18H27N3O3. The van der Waals surface area contributed by atoms with Crippen molar-refractivity contribution in [3.05, 3.63) is 29.8 Å². The van der Waals surface area contributed by atoms with Gasteiger partial charge in [0.2, 0.25) is 0 Å². The van der Waals surface area contributed by atoms with Crippen molar-refractivity contribution in [2.45, 2.75) is 39.2 Å². The summed E-state index contributed by atoms with van der Waals surface area (Å²) >= 11 is 0. The predicted molar refractivity (Wildman–Crippen MR) is 93.1 cm³/mol. The highest BCUT2D eigenvalue weighted by Gasteiger charge is 2.23. The molecule has 6 heteroatoms. The molecule has 1 aromatic rings. The van der Waals surface area contributed by atoms with E-state index in [4.69, 9.17) is 4.74 Å². The Balaban J connectivity index is 1.66. The molecule has 0 aliphatic carbocycles. The van der Waals surface area contributed by atoms with Gasteiger partial charge in [0, 0.05) is 25.7 Å². The van der Waals surface area contributed by atoms with Crippen molar-refractivity contribution >= 4 is 11.9 Å². The van der Waals surface area contributed by atoms with E-state index < -0.39 is 0 Å². The molecule has 0 aromatic heterocycles. The lowest BCUT2D eigenvalue weighted by Crippen LogP contribution is -2.50. The first kappa shape index (κ1) is 18.1. The Morgan fingerprint density at radius 1 is 1.21 bits per heavy atom. The first-order valence-corrected chi connectivity index (χ1v) is 8.60. The largest absolute Gasteiger partial charge is 0.484 e. The van der Waals surface area contributed by atoms with E-state index in [1.165, 1.54) is 0 Å². The molecule has 132 valence electrons. The lowest BCUT2D eigenvalue weighted by atomic mass is 10.1. The summed E-state index contributed by atoms with van der Waals surface area (Å²) in [6.07, 6.45) is 2.48. The molecule has 2 N–H and O–H groups in total. The van der Waals surface area contributed by atoms with Crippen molar-refractivity contribution in [3.8, 4) is 5.75 Å². The number of rotatable bonds is 6. The van der Waals surface area contributed by atoms with Crippen molar-refractivity contribution in [1.82, 2.24) is 15.5 Å². The molecule has 24 heavy (non-hydrogen) atoms. The summed E-state index contributed by atoms with van der Waals surface area (Å²) in [6, 6.07) is 7.71. The minimum atomic E-state index is -0.121. The lowest BCUT2D eigenvalue weighted by Gasteiger charge is -2.32. The van der Waals surface area contributed by atoms with Crippen LogP contribution in [0.5, 0.6) is 5.75 Å². The molecule has 6 nitrogen and oxygen atoms in total. The molecule has 3 amide bonds. The van der Waals surface area contributed by atoms with Gasteiger partial charge in [-0.3, -0.25) is 4.79 Å². The van der Waals surface area contributed by atoms with Crippen LogP contribution in [0, 0.1) is 6.92 Å². The Kier molecular flexibility index (Phi) is 6.90. The summed E-state index contributed by atoms with van der Waals surface area (Å²) in [5.74, 6) is 0.572. The van der Waals surface area contributed by atoms with E-state index in [0.717, 1.165) is 24.8 Å². The van der Waals surface area contributed by atoms with Crippen LogP contribution in [0.3, 0.4) is 0 Å². The normalized spacial score (nSPS) is 15.0. The number of carbonyl (C=O) groups is 2. The van der Waals surface area contributed by atoms with Crippen LogP contribution in [0.15, 0.2) is 24.3 Å². The van der Waals surface area contributed by atoms with Crippen LogP contribution < -0.4 is 15.4 Å². The first-order chi connectivity index (χ1) is 11.6. The number of nitrogens with zero attached hydrogens (tertiary/aromatic N) is 1. The SMILES string of the molecule is CCCNC(=O)N1CCC(NC(=O)COc2ccc(C)cc2)CC1. The second-order valence-electron chi connectivity index (χ2n) is 6.16. The molecule has 0 unspecified atom stereocenters. The number of piperidine rings is 1. The zero-order valence-corrected chi connectivity index (χ0v) is 14.5. The van der Waals surface area contributed by atoms with E-state index >= 15 is 0 Å². The summed E-state index contributed by atoms with van der Waals surface area (Å²) in [7, 11) is 0. The average Bonchev–Trinajstić information content (AvgIpc) is 2.60. The number of aryl methyl sites for hydroxylation is 1. The third-order valence-electron chi connectivity index (χ3n) is 4.06. The fourth-order valence-electron chi connectivity index (χ4n) is 2.62. The zero-order chi connectivity index (χ0) is 17.4. The van der Waals surface area contributed by atoms with Gasteiger partial charge >= 0.3 is 6.03 Å². The molecule has 0 spiro atoms. The van der Waals surface area contributed by atoms with Gasteiger partial charge in [-0.05, 0) is 38.3 Å². The molecule has 1 aliphatic heterocycles. The Hall–Kier alpha value is -2.24. The fraction of sp³-hybridized carbons (Fsp3) is 0.556. The van der Waals surface area contributed by atoms with Crippen LogP contribution in [0.25, 0.3) is 0 Å². The summed E-state index contributed by atoms with van der Waals surface area (Å²) in [4.78, 5) is 25.7. The molecule has 0 bridgehead atoms. The van der Waals surface area contributed by atoms with Crippen LogP contribution in [0.2, 0.25) is 0 Å². The summed E-state index contributed by atoms with van der Waals surface area (Å²) in [5.41, 5.74) is 1.15. The quantitative estimate of drug-likeness (QED) is 0.837. The maximum Gasteiger partial charge on any atom is 0.317 e. The van der Waals surface area contributed by atoms with Gasteiger partial charge in [-0.1, -0.05) is 24.6 Å². The Bertz CT molecular complexity index is 537. The maximum absolute atomic E-state index is 12.0. The van der Waals surface area contributed by atoms with Gasteiger partial charge in [0.25, 0.3) is 5.91 Å². The molecule has 1 aliphatic rings. The van der Waals surface area contributed by atoms with Gasteiger partial charge in [0.1, 0.15) is 5.75 Å². The summed E-state index contributed by atoms with van der Waals surface area (Å²) in [6.45, 7) is 6.08. The zero-order valence-electron chi connectivity index (χ0n) is 14.5. The van der Waals surface area contributed by atoms with Gasteiger partial charge < -0.3 is 20.3 Å². The highest BCUT2D eigenvalue weighted by Crippen LogP contribution is 2.12. The number of carbonyl (C=O) groups excluding carboxylic acids is 2. The molecular weight excluding hydrogens is 306 g/mol. The topological polar surface area (TPSA) is 70.7 Å². The highest BCUT2D eigenvalue weighted by molar-refractivity contribution is 5.78. The van der Waals surface area contributed by atoms with Crippen LogP contribution in [0.4, 0.5) is 4.79 Å². The second kappa shape index (κ2) is 9.15. The summed E-state index contributed by atoms with van der Waals surface area (Å²) < 4.78 is 5.48. The molecule has 2 rings (SSSR count). The number of nitrogens with one attached hydrogen (secondary N) is 2. The van der Waals surface area contributed by atoms with Crippen molar-refractivity contribution in [2.24, 2.45) is 0 Å². The van der Waals surface area contributed by atoms with Gasteiger partial charge in [-0.15, -0.1) is 0 Å². The third-order valence-corrected chi connectivity index (χ3v) is 4.06.